The molecule has 1 unspecified atom stereocenters. The van der Waals surface area contributed by atoms with Gasteiger partial charge < -0.3 is 15.5 Å². The Morgan fingerprint density at radius 3 is 2.26 bits per heavy atom. The molecule has 0 radical (unpaired) electrons. The van der Waals surface area contributed by atoms with Crippen molar-refractivity contribution in [2.45, 2.75) is 37.8 Å². The Bertz CT molecular complexity index is 900. The van der Waals surface area contributed by atoms with Crippen molar-refractivity contribution >= 4 is 15.9 Å². The molecule has 3 N–H and O–H groups in total. The number of hydrogen-bond acceptors (Lipinski definition) is 5. The summed E-state index contributed by atoms with van der Waals surface area (Å²) in [7, 11) is -0.937. The minimum Gasteiger partial charge on any atom is -0.448 e. The van der Waals surface area contributed by atoms with Gasteiger partial charge in [0.2, 0.25) is 5.09 Å². The van der Waals surface area contributed by atoms with E-state index in [0.29, 0.717) is 5.92 Å². The van der Waals surface area contributed by atoms with E-state index in [1.165, 1.54) is 25.7 Å². The van der Waals surface area contributed by atoms with Crippen LogP contribution in [0.4, 0.5) is 0 Å². The van der Waals surface area contributed by atoms with E-state index in [1.54, 1.807) is 6.92 Å². The van der Waals surface area contributed by atoms with Crippen molar-refractivity contribution in [3.8, 4) is 0 Å². The minimum absolute atomic E-state index is 0.179. The number of benzene rings is 1. The average Bonchev–Trinajstić information content (AvgIpc) is 3.01. The van der Waals surface area contributed by atoms with E-state index in [-0.39, 0.29) is 29.0 Å². The molecule has 2 aromatic rings. The summed E-state index contributed by atoms with van der Waals surface area (Å²) < 4.78 is 30.6. The van der Waals surface area contributed by atoms with Crippen molar-refractivity contribution in [1.82, 2.24) is 9.62 Å². The number of sulfonamides is 1. The highest BCUT2D eigenvalue weighted by Gasteiger charge is 2.25. The van der Waals surface area contributed by atoms with Crippen molar-refractivity contribution in [2.24, 2.45) is 5.73 Å². The Balaban J connectivity index is 2.06. The molecular weight excluding hydrogens is 366 g/mol. The third kappa shape index (κ3) is 4.77. The summed E-state index contributed by atoms with van der Waals surface area (Å²) in [5.41, 5.74) is 8.47. The van der Waals surface area contributed by atoms with Gasteiger partial charge in [-0.3, -0.25) is 4.79 Å². The van der Waals surface area contributed by atoms with Crippen molar-refractivity contribution in [3.05, 3.63) is 52.8 Å². The van der Waals surface area contributed by atoms with Gasteiger partial charge in [-0.05, 0) is 24.0 Å². The molecule has 0 aliphatic rings. The van der Waals surface area contributed by atoms with E-state index in [4.69, 9.17) is 10.2 Å². The SMILES string of the molecule is Cc1oc(S(=O)(=O)N(C)C)cc1C(=O)NCC(N)c1ccc(C(C)C)cc1. The number of nitrogens with one attached hydrogen (secondary N) is 1. The molecule has 0 bridgehead atoms. The predicted octanol–water partition coefficient (Wildman–Crippen LogP) is 2.39. The van der Waals surface area contributed by atoms with Gasteiger partial charge in [-0.2, -0.15) is 0 Å². The topological polar surface area (TPSA) is 106 Å². The van der Waals surface area contributed by atoms with Crippen LogP contribution in [0, 0.1) is 6.92 Å². The van der Waals surface area contributed by atoms with Gasteiger partial charge in [-0.25, -0.2) is 12.7 Å². The van der Waals surface area contributed by atoms with Crippen LogP contribution in [0.2, 0.25) is 0 Å². The molecule has 0 fully saturated rings. The number of amides is 1. The molecule has 2 rings (SSSR count). The fourth-order valence-corrected chi connectivity index (χ4v) is 3.39. The van der Waals surface area contributed by atoms with Crippen LogP contribution in [0.25, 0.3) is 0 Å². The maximum atomic E-state index is 12.4. The first-order valence-corrected chi connectivity index (χ1v) is 10.1. The van der Waals surface area contributed by atoms with Crippen LogP contribution in [0.5, 0.6) is 0 Å². The molecule has 1 amide bonds. The van der Waals surface area contributed by atoms with Crippen LogP contribution < -0.4 is 11.1 Å². The molecule has 7 nitrogen and oxygen atoms in total. The third-order valence-corrected chi connectivity index (χ3v) is 6.06. The first kappa shape index (κ1) is 21.1. The summed E-state index contributed by atoms with van der Waals surface area (Å²) in [6.07, 6.45) is 0. The van der Waals surface area contributed by atoms with Gasteiger partial charge in [-0.15, -0.1) is 0 Å². The molecule has 1 aromatic heterocycles. The van der Waals surface area contributed by atoms with Crippen molar-refractivity contribution < 1.29 is 17.6 Å². The van der Waals surface area contributed by atoms with Crippen LogP contribution in [0.1, 0.15) is 53.1 Å². The smallest absolute Gasteiger partial charge is 0.275 e. The van der Waals surface area contributed by atoms with Crippen LogP contribution in [-0.4, -0.2) is 39.3 Å². The third-order valence-electron chi connectivity index (χ3n) is 4.39. The molecule has 0 saturated carbocycles. The second-order valence-electron chi connectivity index (χ2n) is 6.96. The molecule has 8 heteroatoms. The molecule has 1 atom stereocenters. The lowest BCUT2D eigenvalue weighted by atomic mass is 9.99. The van der Waals surface area contributed by atoms with E-state index in [2.05, 4.69) is 19.2 Å². The normalized spacial score (nSPS) is 13.2. The van der Waals surface area contributed by atoms with Gasteiger partial charge in [0.1, 0.15) is 5.76 Å². The number of nitrogens with two attached hydrogens (primary N) is 1. The van der Waals surface area contributed by atoms with Gasteiger partial charge in [0.05, 0.1) is 5.56 Å². The number of carbonyl (C=O) groups excluding carboxylic acids is 1. The van der Waals surface area contributed by atoms with Crippen molar-refractivity contribution in [1.29, 1.82) is 0 Å². The number of rotatable bonds is 7. The highest BCUT2D eigenvalue weighted by Crippen LogP contribution is 2.22. The highest BCUT2D eigenvalue weighted by atomic mass is 32.2. The number of furan rings is 1. The van der Waals surface area contributed by atoms with E-state index >= 15 is 0 Å². The second-order valence-corrected chi connectivity index (χ2v) is 9.04. The fraction of sp³-hybridized carbons (Fsp3) is 0.421. The molecule has 0 saturated heterocycles. The van der Waals surface area contributed by atoms with E-state index < -0.39 is 15.9 Å². The zero-order chi connectivity index (χ0) is 20.4. The number of carbonyl (C=O) groups is 1. The highest BCUT2D eigenvalue weighted by molar-refractivity contribution is 7.88. The largest absolute Gasteiger partial charge is 0.448 e. The molecule has 1 heterocycles. The van der Waals surface area contributed by atoms with Crippen LogP contribution in [0.15, 0.2) is 39.8 Å². The van der Waals surface area contributed by atoms with E-state index in [9.17, 15) is 13.2 Å². The molecule has 0 aliphatic heterocycles. The van der Waals surface area contributed by atoms with E-state index in [0.717, 1.165) is 9.87 Å². The Morgan fingerprint density at radius 1 is 1.19 bits per heavy atom. The Kier molecular flexibility index (Phi) is 6.46. The lowest BCUT2D eigenvalue weighted by Gasteiger charge is -2.14. The summed E-state index contributed by atoms with van der Waals surface area (Å²) in [5.74, 6) is 0.250. The summed E-state index contributed by atoms with van der Waals surface area (Å²) in [6, 6.07) is 8.84. The second kappa shape index (κ2) is 8.24. The molecule has 0 aliphatic carbocycles. The maximum absolute atomic E-state index is 12.4. The molecule has 0 spiro atoms. The van der Waals surface area contributed by atoms with Crippen molar-refractivity contribution in [3.63, 3.8) is 0 Å². The number of nitrogens with zero attached hydrogens (tertiary/aromatic N) is 1. The van der Waals surface area contributed by atoms with Gasteiger partial charge >= 0.3 is 0 Å². The van der Waals surface area contributed by atoms with E-state index in [1.807, 2.05) is 24.3 Å². The summed E-state index contributed by atoms with van der Waals surface area (Å²) >= 11 is 0. The molecule has 1 aromatic carbocycles. The molecular formula is C19H27N3O4S. The lowest BCUT2D eigenvalue weighted by molar-refractivity contribution is 0.0949. The first-order chi connectivity index (χ1) is 12.5. The zero-order valence-corrected chi connectivity index (χ0v) is 17.1. The number of aryl methyl sites for hydroxylation is 1. The monoisotopic (exact) mass is 393 g/mol. The maximum Gasteiger partial charge on any atom is 0.275 e. The quantitative estimate of drug-likeness (QED) is 0.751. The van der Waals surface area contributed by atoms with Gasteiger partial charge in [-0.1, -0.05) is 38.1 Å². The fourth-order valence-electron chi connectivity index (χ4n) is 2.53. The summed E-state index contributed by atoms with van der Waals surface area (Å²) in [5, 5.41) is 2.48. The Morgan fingerprint density at radius 2 is 1.74 bits per heavy atom. The standard InChI is InChI=1S/C19H27N3O4S/c1-12(2)14-6-8-15(9-7-14)17(20)11-21-19(23)16-10-18(26-13(16)3)27(24,25)22(4)5/h6-10,12,17H,11,20H2,1-5H3,(H,21,23). The predicted molar refractivity (Wildman–Crippen MR) is 104 cm³/mol. The summed E-state index contributed by atoms with van der Waals surface area (Å²) in [4.78, 5) is 12.4. The van der Waals surface area contributed by atoms with Gasteiger partial charge in [0, 0.05) is 32.7 Å². The molecule has 148 valence electrons. The minimum atomic E-state index is -3.74. The Labute approximate surface area is 160 Å². The average molecular weight is 394 g/mol. The first-order valence-electron chi connectivity index (χ1n) is 8.70. The Hall–Kier alpha value is -2.16. The van der Waals surface area contributed by atoms with Crippen LogP contribution in [0.3, 0.4) is 0 Å². The van der Waals surface area contributed by atoms with Crippen LogP contribution in [-0.2, 0) is 10.0 Å². The van der Waals surface area contributed by atoms with Gasteiger partial charge in [0.15, 0.2) is 0 Å². The summed E-state index contributed by atoms with van der Waals surface area (Å²) in [6.45, 7) is 6.01. The lowest BCUT2D eigenvalue weighted by Crippen LogP contribution is -2.32. The van der Waals surface area contributed by atoms with Gasteiger partial charge in [0.25, 0.3) is 15.9 Å². The zero-order valence-electron chi connectivity index (χ0n) is 16.3. The van der Waals surface area contributed by atoms with Crippen molar-refractivity contribution in [2.75, 3.05) is 20.6 Å². The molecule has 27 heavy (non-hydrogen) atoms. The number of hydrogen-bond donors (Lipinski definition) is 2. The van der Waals surface area contributed by atoms with Crippen LogP contribution >= 0.6 is 0 Å².